The Labute approximate surface area is 239 Å². The van der Waals surface area contributed by atoms with Gasteiger partial charge < -0.3 is 35.6 Å². The summed E-state index contributed by atoms with van der Waals surface area (Å²) in [6.45, 7) is 3.20. The number of carbonyl (C=O) groups excluding carboxylic acids is 4. The number of benzene rings is 2. The second kappa shape index (κ2) is 11.7. The van der Waals surface area contributed by atoms with Crippen molar-refractivity contribution >= 4 is 41.5 Å². The first kappa shape index (κ1) is 29.7. The molecule has 0 saturated carbocycles. The van der Waals surface area contributed by atoms with Gasteiger partial charge in [0.1, 0.15) is 23.5 Å². The second-order valence-corrected chi connectivity index (χ2v) is 11.8. The highest BCUT2D eigenvalue weighted by Crippen LogP contribution is 2.50. The number of phenols is 2. The summed E-state index contributed by atoms with van der Waals surface area (Å²) in [4.78, 5) is 67.0. The molecule has 1 unspecified atom stereocenters. The topological polar surface area (TPSA) is 186 Å². The number of amides is 5. The molecule has 2 saturated heterocycles. The Kier molecular flexibility index (Phi) is 8.44. The van der Waals surface area contributed by atoms with Gasteiger partial charge in [-0.25, -0.2) is 9.59 Å². The molecule has 2 aliphatic rings. The van der Waals surface area contributed by atoms with E-state index < -0.39 is 69.5 Å². The van der Waals surface area contributed by atoms with Crippen LogP contribution in [0.15, 0.2) is 48.5 Å². The van der Waals surface area contributed by atoms with Crippen LogP contribution in [-0.4, -0.2) is 97.3 Å². The van der Waals surface area contributed by atoms with Gasteiger partial charge in [0.15, 0.2) is 11.5 Å². The maximum absolute atomic E-state index is 13.5. The Bertz CT molecular complexity index is 1370. The molecule has 0 radical (unpaired) electrons. The number of urea groups is 1. The molecule has 5 amide bonds. The van der Waals surface area contributed by atoms with Crippen molar-refractivity contribution in [3.63, 3.8) is 0 Å². The van der Waals surface area contributed by atoms with Crippen molar-refractivity contribution < 1.29 is 44.0 Å². The van der Waals surface area contributed by atoms with E-state index in [-0.39, 0.29) is 18.7 Å². The highest BCUT2D eigenvalue weighted by molar-refractivity contribution is 8.01. The van der Waals surface area contributed by atoms with Crippen LogP contribution in [0, 0.1) is 0 Å². The van der Waals surface area contributed by atoms with Crippen molar-refractivity contribution in [1.29, 1.82) is 0 Å². The van der Waals surface area contributed by atoms with Gasteiger partial charge in [-0.3, -0.25) is 19.3 Å². The fourth-order valence-corrected chi connectivity index (χ4v) is 6.44. The van der Waals surface area contributed by atoms with Crippen LogP contribution in [0.4, 0.5) is 4.79 Å². The fourth-order valence-electron chi connectivity index (χ4n) is 4.82. The standard InChI is InChI=1S/C27H30N4O9S/c1-27(2)20(25(37)38)31-23(36)19(24(31)41-27)28-21(34)18(14-7-5-4-6-8-14)29-26(39)30(11-12-40-3)22(35)15-9-10-16(32)17(33)13-15/h4-10,13,18-20,24,32-33H,11-12H2,1-3H3,(H,28,34)(H,29,39)(H,37,38)/t18?,19-,20+,24-/m1/s1. The summed E-state index contributed by atoms with van der Waals surface area (Å²) in [6, 6.07) is 7.19. The molecule has 2 aliphatic heterocycles. The molecule has 41 heavy (non-hydrogen) atoms. The number of nitrogens with zero attached hydrogens (tertiary/aromatic N) is 2. The van der Waals surface area contributed by atoms with Gasteiger partial charge in [-0.05, 0) is 37.6 Å². The van der Waals surface area contributed by atoms with Crippen molar-refractivity contribution in [3.8, 4) is 11.5 Å². The average Bonchev–Trinajstić information content (AvgIpc) is 3.20. The summed E-state index contributed by atoms with van der Waals surface area (Å²) in [7, 11) is 1.38. The number of rotatable bonds is 9. The average molecular weight is 587 g/mol. The number of methoxy groups -OCH3 is 1. The SMILES string of the molecule is COCCN(C(=O)NC(C(=O)N[C@@H]1C(=O)N2[C@@H]1SC(C)(C)[C@@H]2C(=O)O)c1ccccc1)C(=O)c1ccc(O)c(O)c1. The Hall–Kier alpha value is -4.30. The first-order chi connectivity index (χ1) is 19.4. The fraction of sp³-hybridized carbons (Fsp3) is 0.370. The van der Waals surface area contributed by atoms with Crippen molar-refractivity contribution in [2.45, 2.75) is 42.1 Å². The van der Waals surface area contributed by atoms with Crippen molar-refractivity contribution in [1.82, 2.24) is 20.4 Å². The summed E-state index contributed by atoms with van der Waals surface area (Å²) in [6.07, 6.45) is 0. The Morgan fingerprint density at radius 3 is 2.39 bits per heavy atom. The number of nitrogens with one attached hydrogen (secondary N) is 2. The molecular formula is C27H30N4O9S. The molecular weight excluding hydrogens is 556 g/mol. The Morgan fingerprint density at radius 2 is 1.78 bits per heavy atom. The van der Waals surface area contributed by atoms with Crippen LogP contribution in [-0.2, 0) is 19.1 Å². The predicted octanol–water partition coefficient (Wildman–Crippen LogP) is 1.27. The number of fused-ring (bicyclic) bond motifs is 1. The molecule has 218 valence electrons. The molecule has 2 aromatic carbocycles. The number of carboxylic acids is 1. The molecule has 13 nitrogen and oxygen atoms in total. The van der Waals surface area contributed by atoms with Crippen LogP contribution in [0.25, 0.3) is 0 Å². The molecule has 4 rings (SSSR count). The maximum atomic E-state index is 13.5. The third kappa shape index (κ3) is 5.79. The smallest absolute Gasteiger partial charge is 0.327 e. The molecule has 0 bridgehead atoms. The van der Waals surface area contributed by atoms with Crippen LogP contribution >= 0.6 is 11.8 Å². The number of thioether (sulfide) groups is 1. The second-order valence-electron chi connectivity index (χ2n) is 10.0. The monoisotopic (exact) mass is 586 g/mol. The van der Waals surface area contributed by atoms with E-state index in [1.165, 1.54) is 29.8 Å². The van der Waals surface area contributed by atoms with E-state index in [1.54, 1.807) is 44.2 Å². The van der Waals surface area contributed by atoms with Gasteiger partial charge in [-0.1, -0.05) is 30.3 Å². The van der Waals surface area contributed by atoms with Crippen LogP contribution in [0.5, 0.6) is 11.5 Å². The quantitative estimate of drug-likeness (QED) is 0.212. The summed E-state index contributed by atoms with van der Waals surface area (Å²) < 4.78 is 4.24. The lowest BCUT2D eigenvalue weighted by Gasteiger charge is -2.44. The zero-order valence-electron chi connectivity index (χ0n) is 22.4. The molecule has 2 heterocycles. The summed E-state index contributed by atoms with van der Waals surface area (Å²) in [5.41, 5.74) is 0.271. The van der Waals surface area contributed by atoms with Crippen LogP contribution < -0.4 is 10.6 Å². The molecule has 5 N–H and O–H groups in total. The van der Waals surface area contributed by atoms with Crippen LogP contribution in [0.3, 0.4) is 0 Å². The van der Waals surface area contributed by atoms with Crippen LogP contribution in [0.1, 0.15) is 35.8 Å². The molecule has 2 aromatic rings. The van der Waals surface area contributed by atoms with Gasteiger partial charge in [-0.15, -0.1) is 11.8 Å². The number of aliphatic carboxylic acids is 1. The van der Waals surface area contributed by atoms with E-state index in [4.69, 9.17) is 4.74 Å². The summed E-state index contributed by atoms with van der Waals surface area (Å²) in [5.74, 6) is -4.24. The summed E-state index contributed by atoms with van der Waals surface area (Å²) in [5, 5.41) is 33.7. The molecule has 0 aliphatic carbocycles. The predicted molar refractivity (Wildman–Crippen MR) is 146 cm³/mol. The van der Waals surface area contributed by atoms with Crippen molar-refractivity contribution in [2.75, 3.05) is 20.3 Å². The number of phenolic OH excluding ortho intramolecular Hbond substituents is 2. The van der Waals surface area contributed by atoms with Crippen molar-refractivity contribution in [3.05, 3.63) is 59.7 Å². The van der Waals surface area contributed by atoms with Gasteiger partial charge >= 0.3 is 12.0 Å². The number of carboxylic acid groups (broad SMARTS) is 1. The van der Waals surface area contributed by atoms with Gasteiger partial charge in [-0.2, -0.15) is 0 Å². The largest absolute Gasteiger partial charge is 0.504 e. The van der Waals surface area contributed by atoms with Gasteiger partial charge in [0.25, 0.3) is 5.91 Å². The number of aromatic hydroxyl groups is 2. The van der Waals surface area contributed by atoms with E-state index in [1.807, 2.05) is 0 Å². The number of ether oxygens (including phenoxy) is 1. The highest BCUT2D eigenvalue weighted by Gasteiger charge is 2.64. The lowest BCUT2D eigenvalue weighted by atomic mass is 9.95. The first-order valence-electron chi connectivity index (χ1n) is 12.6. The third-order valence-corrected chi connectivity index (χ3v) is 8.44. The van der Waals surface area contributed by atoms with E-state index in [0.29, 0.717) is 5.56 Å². The minimum atomic E-state index is -1.33. The zero-order chi connectivity index (χ0) is 30.1. The molecule has 2 fully saturated rings. The molecule has 0 aromatic heterocycles. The van der Waals surface area contributed by atoms with Crippen LogP contribution in [0.2, 0.25) is 0 Å². The molecule has 14 heteroatoms. The number of hydrogen-bond acceptors (Lipinski definition) is 9. The van der Waals surface area contributed by atoms with E-state index >= 15 is 0 Å². The normalized spacial score (nSPS) is 21.3. The number of hydrogen-bond donors (Lipinski definition) is 5. The third-order valence-electron chi connectivity index (χ3n) is 6.87. The van der Waals surface area contributed by atoms with E-state index in [2.05, 4.69) is 10.6 Å². The van der Waals surface area contributed by atoms with Gasteiger partial charge in [0, 0.05) is 17.4 Å². The minimum absolute atomic E-state index is 0.0305. The Morgan fingerprint density at radius 1 is 1.10 bits per heavy atom. The maximum Gasteiger partial charge on any atom is 0.327 e. The minimum Gasteiger partial charge on any atom is -0.504 e. The Balaban J connectivity index is 1.56. The van der Waals surface area contributed by atoms with Crippen molar-refractivity contribution in [2.24, 2.45) is 0 Å². The lowest BCUT2D eigenvalue weighted by Crippen LogP contribution is -2.71. The van der Waals surface area contributed by atoms with E-state index in [0.717, 1.165) is 17.0 Å². The number of carbonyl (C=O) groups is 5. The van der Waals surface area contributed by atoms with Gasteiger partial charge in [0.05, 0.1) is 13.2 Å². The summed E-state index contributed by atoms with van der Waals surface area (Å²) >= 11 is 1.26. The molecule has 4 atom stereocenters. The lowest BCUT2D eigenvalue weighted by molar-refractivity contribution is -0.161. The zero-order valence-corrected chi connectivity index (χ0v) is 23.3. The number of imide groups is 1. The first-order valence-corrected chi connectivity index (χ1v) is 13.5. The van der Waals surface area contributed by atoms with Gasteiger partial charge in [0.2, 0.25) is 11.8 Å². The molecule has 0 spiro atoms. The van der Waals surface area contributed by atoms with E-state index in [9.17, 15) is 39.3 Å². The number of β-lactam (4-membered cyclic amide) rings is 1. The highest BCUT2D eigenvalue weighted by atomic mass is 32.2.